The van der Waals surface area contributed by atoms with E-state index in [0.717, 1.165) is 18.4 Å². The zero-order valence-corrected chi connectivity index (χ0v) is 7.76. The van der Waals surface area contributed by atoms with Crippen molar-refractivity contribution in [1.82, 2.24) is 0 Å². The molecule has 1 aromatic carbocycles. The molecule has 0 fully saturated rings. The molecule has 0 saturated carbocycles. The molecule has 0 heterocycles. The normalized spacial score (nSPS) is 10.1. The summed E-state index contributed by atoms with van der Waals surface area (Å²) in [5.41, 5.74) is 1.09. The summed E-state index contributed by atoms with van der Waals surface area (Å²) in [7, 11) is 2.44. The molecular weight excluding hydrogens is 158 g/mol. The van der Waals surface area contributed by atoms with Crippen molar-refractivity contribution in [3.05, 3.63) is 29.6 Å². The Kier molecular flexibility index (Phi) is 3.02. The van der Waals surface area contributed by atoms with Gasteiger partial charge in [-0.2, -0.15) is 0 Å². The zero-order valence-electron chi connectivity index (χ0n) is 6.60. The third kappa shape index (κ3) is 2.00. The molecule has 0 aliphatic heterocycles. The van der Waals surface area contributed by atoms with Crippen LogP contribution in [0, 0.1) is 5.82 Å². The van der Waals surface area contributed by atoms with Crippen LogP contribution in [0.4, 0.5) is 4.39 Å². The largest absolute Gasteiger partial charge is 0.206 e. The summed E-state index contributed by atoms with van der Waals surface area (Å²) in [6, 6.07) is 5.21. The van der Waals surface area contributed by atoms with Crippen LogP contribution in [0.15, 0.2) is 18.2 Å². The molecule has 1 aromatic rings. The Labute approximate surface area is 69.0 Å². The minimum Gasteiger partial charge on any atom is -0.206 e. The lowest BCUT2D eigenvalue weighted by Crippen LogP contribution is -2.05. The van der Waals surface area contributed by atoms with E-state index in [9.17, 15) is 4.39 Å². The van der Waals surface area contributed by atoms with Gasteiger partial charge in [0.2, 0.25) is 0 Å². The highest BCUT2D eigenvalue weighted by Gasteiger charge is 2.00. The second-order valence-corrected chi connectivity index (χ2v) is 3.14. The molecule has 0 spiro atoms. The Morgan fingerprint density at radius 2 is 2.18 bits per heavy atom. The quantitative estimate of drug-likeness (QED) is 0.597. The van der Waals surface area contributed by atoms with Crippen molar-refractivity contribution in [2.75, 3.05) is 0 Å². The molecule has 1 atom stereocenters. The molecule has 11 heavy (non-hydrogen) atoms. The van der Waals surface area contributed by atoms with Crippen LogP contribution in [0.2, 0.25) is 0 Å². The van der Waals surface area contributed by atoms with Crippen molar-refractivity contribution < 1.29 is 4.39 Å². The van der Waals surface area contributed by atoms with Gasteiger partial charge in [-0.1, -0.05) is 25.5 Å². The molecule has 0 aliphatic rings. The van der Waals surface area contributed by atoms with E-state index in [1.54, 1.807) is 6.07 Å². The smallest absolute Gasteiger partial charge is 0.130 e. The van der Waals surface area contributed by atoms with Crippen molar-refractivity contribution in [2.24, 2.45) is 0 Å². The molecule has 60 valence electrons. The summed E-state index contributed by atoms with van der Waals surface area (Å²) in [6.07, 6.45) is 2.02. The fourth-order valence-corrected chi connectivity index (χ4v) is 1.41. The summed E-state index contributed by atoms with van der Waals surface area (Å²) in [4.78, 5) is 0. The number of hydrogen-bond acceptors (Lipinski definition) is 0. The van der Waals surface area contributed by atoms with Crippen LogP contribution >= 0.6 is 9.24 Å². The summed E-state index contributed by atoms with van der Waals surface area (Å²) in [6.45, 7) is 2.09. The second-order valence-electron chi connectivity index (χ2n) is 2.56. The van der Waals surface area contributed by atoms with Crippen molar-refractivity contribution >= 4 is 14.5 Å². The van der Waals surface area contributed by atoms with Crippen molar-refractivity contribution in [2.45, 2.75) is 19.8 Å². The predicted octanol–water partition coefficient (Wildman–Crippen LogP) is 2.28. The molecule has 0 N–H and O–H groups in total. The van der Waals surface area contributed by atoms with E-state index in [0.29, 0.717) is 5.30 Å². The van der Waals surface area contributed by atoms with E-state index in [4.69, 9.17) is 0 Å². The maximum absolute atomic E-state index is 12.9. The summed E-state index contributed by atoms with van der Waals surface area (Å²) in [5, 5.41) is 0.717. The number of rotatable bonds is 2. The molecular formula is C9H12FP. The minimum absolute atomic E-state index is 0.124. The Morgan fingerprint density at radius 1 is 1.45 bits per heavy atom. The van der Waals surface area contributed by atoms with Gasteiger partial charge in [-0.05, 0) is 18.1 Å². The van der Waals surface area contributed by atoms with Gasteiger partial charge in [0.05, 0.1) is 0 Å². The molecule has 0 saturated heterocycles. The molecule has 0 aliphatic carbocycles. The molecule has 0 bridgehead atoms. The lowest BCUT2D eigenvalue weighted by atomic mass is 10.1. The van der Waals surface area contributed by atoms with Crippen molar-refractivity contribution in [3.63, 3.8) is 0 Å². The number of aryl methyl sites for hydroxylation is 1. The number of benzene rings is 1. The van der Waals surface area contributed by atoms with Crippen LogP contribution in [0.5, 0.6) is 0 Å². The minimum atomic E-state index is -0.124. The third-order valence-corrected chi connectivity index (χ3v) is 2.31. The lowest BCUT2D eigenvalue weighted by Gasteiger charge is -2.03. The molecule has 0 nitrogen and oxygen atoms in total. The highest BCUT2D eigenvalue weighted by atomic mass is 31.0. The highest BCUT2D eigenvalue weighted by Crippen LogP contribution is 2.07. The van der Waals surface area contributed by atoms with E-state index >= 15 is 0 Å². The summed E-state index contributed by atoms with van der Waals surface area (Å²) >= 11 is 0. The Morgan fingerprint density at radius 3 is 2.82 bits per heavy atom. The van der Waals surface area contributed by atoms with Crippen LogP contribution in [0.25, 0.3) is 0 Å². The van der Waals surface area contributed by atoms with Gasteiger partial charge < -0.3 is 0 Å². The SMILES string of the molecule is CCCc1cccc(F)c1P. The van der Waals surface area contributed by atoms with E-state index < -0.39 is 0 Å². The maximum atomic E-state index is 12.9. The second kappa shape index (κ2) is 3.82. The summed E-state index contributed by atoms with van der Waals surface area (Å²) < 4.78 is 12.9. The third-order valence-electron chi connectivity index (χ3n) is 1.66. The first-order chi connectivity index (χ1) is 5.25. The Hall–Kier alpha value is -0.420. The average molecular weight is 170 g/mol. The van der Waals surface area contributed by atoms with Crippen LogP contribution in [-0.2, 0) is 6.42 Å². The first-order valence-electron chi connectivity index (χ1n) is 3.78. The van der Waals surface area contributed by atoms with Crippen molar-refractivity contribution in [1.29, 1.82) is 0 Å². The van der Waals surface area contributed by atoms with Gasteiger partial charge >= 0.3 is 0 Å². The number of hydrogen-bond donors (Lipinski definition) is 0. The van der Waals surface area contributed by atoms with Crippen LogP contribution in [-0.4, -0.2) is 0 Å². The van der Waals surface area contributed by atoms with Gasteiger partial charge in [-0.25, -0.2) is 4.39 Å². The van der Waals surface area contributed by atoms with Crippen LogP contribution in [0.3, 0.4) is 0 Å². The van der Waals surface area contributed by atoms with Gasteiger partial charge in [-0.3, -0.25) is 0 Å². The molecule has 0 radical (unpaired) electrons. The standard InChI is InChI=1S/C9H12FP/c1-2-4-7-5-3-6-8(10)9(7)11/h3,5-6H,2,4,11H2,1H3. The maximum Gasteiger partial charge on any atom is 0.130 e. The highest BCUT2D eigenvalue weighted by molar-refractivity contribution is 7.27. The molecule has 0 amide bonds. The zero-order chi connectivity index (χ0) is 8.27. The van der Waals surface area contributed by atoms with Gasteiger partial charge in [-0.15, -0.1) is 9.24 Å². The van der Waals surface area contributed by atoms with E-state index in [2.05, 4.69) is 16.2 Å². The molecule has 2 heteroatoms. The Balaban J connectivity index is 2.96. The van der Waals surface area contributed by atoms with E-state index in [1.165, 1.54) is 6.07 Å². The van der Waals surface area contributed by atoms with Crippen LogP contribution < -0.4 is 5.30 Å². The van der Waals surface area contributed by atoms with Gasteiger partial charge in [0.15, 0.2) is 0 Å². The van der Waals surface area contributed by atoms with Gasteiger partial charge in [0.25, 0.3) is 0 Å². The first kappa shape index (κ1) is 8.67. The Bertz CT molecular complexity index is 245. The fraction of sp³-hybridized carbons (Fsp3) is 0.333. The van der Waals surface area contributed by atoms with Crippen molar-refractivity contribution in [3.8, 4) is 0 Å². The number of halogens is 1. The molecule has 1 rings (SSSR count). The van der Waals surface area contributed by atoms with Gasteiger partial charge in [0, 0.05) is 5.30 Å². The van der Waals surface area contributed by atoms with E-state index in [1.807, 2.05) is 6.07 Å². The van der Waals surface area contributed by atoms with Gasteiger partial charge in [0.1, 0.15) is 5.82 Å². The van der Waals surface area contributed by atoms with E-state index in [-0.39, 0.29) is 5.82 Å². The molecule has 1 unspecified atom stereocenters. The predicted molar refractivity (Wildman–Crippen MR) is 49.7 cm³/mol. The summed E-state index contributed by atoms with van der Waals surface area (Å²) in [5.74, 6) is -0.124. The van der Waals surface area contributed by atoms with Crippen LogP contribution in [0.1, 0.15) is 18.9 Å². The average Bonchev–Trinajstić information content (AvgIpc) is 1.99. The monoisotopic (exact) mass is 170 g/mol. The molecule has 0 aromatic heterocycles. The lowest BCUT2D eigenvalue weighted by molar-refractivity contribution is 0.634. The topological polar surface area (TPSA) is 0 Å². The first-order valence-corrected chi connectivity index (χ1v) is 4.36. The fourth-order valence-electron chi connectivity index (χ4n) is 1.07.